The Hall–Kier alpha value is -3.57. The van der Waals surface area contributed by atoms with E-state index in [9.17, 15) is 31.2 Å². The monoisotopic (exact) mass is 497 g/mol. The topological polar surface area (TPSA) is 104 Å². The van der Waals surface area contributed by atoms with Gasteiger partial charge in [0.15, 0.2) is 0 Å². The molecule has 0 atom stereocenters. The highest BCUT2D eigenvalue weighted by Gasteiger charge is 2.31. The number of hydrogen-bond acceptors (Lipinski definition) is 4. The normalized spacial score (nSPS) is 11.5. The first-order valence-corrected chi connectivity index (χ1v) is 11.0. The number of carbonyl (C=O) groups is 2. The highest BCUT2D eigenvalue weighted by atomic mass is 35.5. The molecule has 172 valence electrons. The molecular formula is C21H15ClF3N3O4S. The van der Waals surface area contributed by atoms with Crippen LogP contribution in [0.4, 0.5) is 18.9 Å². The minimum Gasteiger partial charge on any atom is -0.278 e. The summed E-state index contributed by atoms with van der Waals surface area (Å²) in [5.74, 6) is -1.87. The number of anilines is 1. The Morgan fingerprint density at radius 1 is 0.788 bits per heavy atom. The van der Waals surface area contributed by atoms with E-state index in [-0.39, 0.29) is 26.7 Å². The Morgan fingerprint density at radius 3 is 1.97 bits per heavy atom. The maximum absolute atomic E-state index is 12.8. The van der Waals surface area contributed by atoms with Crippen molar-refractivity contribution in [2.75, 3.05) is 4.72 Å². The summed E-state index contributed by atoms with van der Waals surface area (Å²) in [5, 5.41) is 0.173. The van der Waals surface area contributed by atoms with Crippen molar-refractivity contribution in [3.63, 3.8) is 0 Å². The zero-order valence-electron chi connectivity index (χ0n) is 16.5. The molecule has 0 spiro atoms. The van der Waals surface area contributed by atoms with Gasteiger partial charge in [-0.25, -0.2) is 8.42 Å². The van der Waals surface area contributed by atoms with Gasteiger partial charge < -0.3 is 0 Å². The van der Waals surface area contributed by atoms with Crippen molar-refractivity contribution in [3.8, 4) is 0 Å². The first-order valence-electron chi connectivity index (χ1n) is 9.13. The smallest absolute Gasteiger partial charge is 0.278 e. The van der Waals surface area contributed by atoms with E-state index in [1.54, 1.807) is 12.1 Å². The zero-order valence-corrected chi connectivity index (χ0v) is 18.1. The molecule has 0 heterocycles. The molecule has 0 saturated carbocycles. The molecular weight excluding hydrogens is 483 g/mol. The molecule has 3 aromatic rings. The summed E-state index contributed by atoms with van der Waals surface area (Å²) >= 11 is 5.96. The minimum atomic E-state index is -4.64. The van der Waals surface area contributed by atoms with E-state index in [2.05, 4.69) is 4.72 Å². The maximum atomic E-state index is 12.8. The Labute approximate surface area is 191 Å². The molecule has 12 heteroatoms. The van der Waals surface area contributed by atoms with Crippen LogP contribution in [0, 0.1) is 0 Å². The van der Waals surface area contributed by atoms with E-state index in [1.165, 1.54) is 30.3 Å². The molecule has 0 radical (unpaired) electrons. The fraction of sp³-hybridized carbons (Fsp3) is 0.0476. The molecule has 0 saturated heterocycles. The highest BCUT2D eigenvalue weighted by Crippen LogP contribution is 2.29. The van der Waals surface area contributed by atoms with E-state index in [0.717, 1.165) is 24.3 Å². The number of hydrogen-bond donors (Lipinski definition) is 3. The van der Waals surface area contributed by atoms with E-state index in [1.807, 2.05) is 10.9 Å². The molecule has 0 fully saturated rings. The lowest BCUT2D eigenvalue weighted by Gasteiger charge is -2.12. The lowest BCUT2D eigenvalue weighted by molar-refractivity contribution is -0.137. The Kier molecular flexibility index (Phi) is 6.94. The lowest BCUT2D eigenvalue weighted by atomic mass is 10.1. The zero-order chi connectivity index (χ0) is 24.2. The van der Waals surface area contributed by atoms with Gasteiger partial charge in [0.25, 0.3) is 21.8 Å². The van der Waals surface area contributed by atoms with Crippen molar-refractivity contribution < 1.29 is 31.2 Å². The van der Waals surface area contributed by atoms with Crippen LogP contribution in [0.1, 0.15) is 26.3 Å². The van der Waals surface area contributed by atoms with Crippen LogP contribution in [0.3, 0.4) is 0 Å². The number of nitrogens with one attached hydrogen (secondary N) is 3. The first-order chi connectivity index (χ1) is 15.5. The van der Waals surface area contributed by atoms with Crippen LogP contribution < -0.4 is 15.6 Å². The fourth-order valence-electron chi connectivity index (χ4n) is 2.65. The highest BCUT2D eigenvalue weighted by molar-refractivity contribution is 7.92. The number of halogens is 4. The summed E-state index contributed by atoms with van der Waals surface area (Å²) in [5.41, 5.74) is 2.70. The van der Waals surface area contributed by atoms with Crippen LogP contribution in [0.5, 0.6) is 0 Å². The molecule has 3 aromatic carbocycles. The second-order valence-corrected chi connectivity index (χ2v) is 8.69. The summed E-state index contributed by atoms with van der Waals surface area (Å²) in [6, 6.07) is 14.7. The lowest BCUT2D eigenvalue weighted by Crippen LogP contribution is -2.41. The van der Waals surface area contributed by atoms with Crippen molar-refractivity contribution in [3.05, 3.63) is 94.5 Å². The number of para-hydroxylation sites is 1. The van der Waals surface area contributed by atoms with Gasteiger partial charge in [0.05, 0.1) is 21.2 Å². The average molecular weight is 498 g/mol. The fourth-order valence-corrected chi connectivity index (χ4v) is 4.01. The number of amides is 2. The van der Waals surface area contributed by atoms with Crippen LogP contribution >= 0.6 is 11.6 Å². The Morgan fingerprint density at radius 2 is 1.36 bits per heavy atom. The van der Waals surface area contributed by atoms with Gasteiger partial charge in [-0.1, -0.05) is 35.9 Å². The summed E-state index contributed by atoms with van der Waals surface area (Å²) in [4.78, 5) is 24.2. The second-order valence-electron chi connectivity index (χ2n) is 6.60. The molecule has 33 heavy (non-hydrogen) atoms. The van der Waals surface area contributed by atoms with Gasteiger partial charge >= 0.3 is 6.18 Å². The van der Waals surface area contributed by atoms with Gasteiger partial charge in [-0.05, 0) is 48.5 Å². The SMILES string of the molecule is O=C(NNC(=O)c1cccc(S(=O)(=O)Nc2ccccc2Cl)c1)c1cccc(C(F)(F)F)c1. The van der Waals surface area contributed by atoms with E-state index in [0.29, 0.717) is 6.07 Å². The number of alkyl halides is 3. The van der Waals surface area contributed by atoms with Gasteiger partial charge in [-0.15, -0.1) is 0 Å². The predicted octanol–water partition coefficient (Wildman–Crippen LogP) is 4.23. The van der Waals surface area contributed by atoms with Crippen molar-refractivity contribution >= 4 is 39.1 Å². The third-order valence-electron chi connectivity index (χ3n) is 4.27. The van der Waals surface area contributed by atoms with Crippen LogP contribution in [0.15, 0.2) is 77.7 Å². The number of carbonyl (C=O) groups excluding carboxylic acids is 2. The predicted molar refractivity (Wildman–Crippen MR) is 115 cm³/mol. The van der Waals surface area contributed by atoms with Gasteiger partial charge in [0.1, 0.15) is 0 Å². The van der Waals surface area contributed by atoms with Crippen molar-refractivity contribution in [2.45, 2.75) is 11.1 Å². The van der Waals surface area contributed by atoms with Crippen LogP contribution in [-0.2, 0) is 16.2 Å². The third-order valence-corrected chi connectivity index (χ3v) is 5.96. The summed E-state index contributed by atoms with van der Waals surface area (Å²) in [7, 11) is -4.09. The van der Waals surface area contributed by atoms with Crippen molar-refractivity contribution in [1.29, 1.82) is 0 Å². The standard InChI is InChI=1S/C21H15ClF3N3O4S/c22-17-9-1-2-10-18(17)28-33(31,32)16-8-4-6-14(12-16)20(30)27-26-19(29)13-5-3-7-15(11-13)21(23,24)25/h1-12,28H,(H,26,29)(H,27,30). The van der Waals surface area contributed by atoms with E-state index < -0.39 is 33.6 Å². The Bertz CT molecular complexity index is 1310. The number of rotatable bonds is 5. The number of sulfonamides is 1. The summed E-state index contributed by atoms with van der Waals surface area (Å²) in [6.45, 7) is 0. The molecule has 2 amide bonds. The van der Waals surface area contributed by atoms with Gasteiger partial charge in [-0.2, -0.15) is 13.2 Å². The average Bonchev–Trinajstić information content (AvgIpc) is 2.78. The van der Waals surface area contributed by atoms with Crippen molar-refractivity contribution in [1.82, 2.24) is 10.9 Å². The molecule has 0 aliphatic carbocycles. The van der Waals surface area contributed by atoms with Crippen LogP contribution in [-0.4, -0.2) is 20.2 Å². The molecule has 0 aromatic heterocycles. The van der Waals surface area contributed by atoms with Gasteiger partial charge in [-0.3, -0.25) is 25.2 Å². The molecule has 3 N–H and O–H groups in total. The van der Waals surface area contributed by atoms with Gasteiger partial charge in [0.2, 0.25) is 0 Å². The summed E-state index contributed by atoms with van der Waals surface area (Å²) < 4.78 is 66.0. The largest absolute Gasteiger partial charge is 0.416 e. The van der Waals surface area contributed by atoms with E-state index >= 15 is 0 Å². The quantitative estimate of drug-likeness (QED) is 0.459. The van der Waals surface area contributed by atoms with Crippen LogP contribution in [0.25, 0.3) is 0 Å². The first kappa shape index (κ1) is 24.1. The van der Waals surface area contributed by atoms with Gasteiger partial charge in [0, 0.05) is 11.1 Å². The minimum absolute atomic E-state index is 0.124. The third kappa shape index (κ3) is 6.02. The van der Waals surface area contributed by atoms with Crippen LogP contribution in [0.2, 0.25) is 5.02 Å². The molecule has 0 aliphatic heterocycles. The van der Waals surface area contributed by atoms with Crippen molar-refractivity contribution in [2.24, 2.45) is 0 Å². The molecule has 0 aliphatic rings. The second kappa shape index (κ2) is 9.51. The molecule has 3 rings (SSSR count). The summed E-state index contributed by atoms with van der Waals surface area (Å²) in [6.07, 6.45) is -4.64. The maximum Gasteiger partial charge on any atom is 0.416 e. The Balaban J connectivity index is 1.71. The molecule has 0 bridgehead atoms. The molecule has 7 nitrogen and oxygen atoms in total. The molecule has 0 unspecified atom stereocenters. The van der Waals surface area contributed by atoms with E-state index in [4.69, 9.17) is 11.6 Å². The number of hydrazine groups is 1. The number of benzene rings is 3.